The fourth-order valence-electron chi connectivity index (χ4n) is 1.38. The molecular formula is C13H21NO. The normalized spacial score (nSPS) is 10.2. The Labute approximate surface area is 92.6 Å². The van der Waals surface area contributed by atoms with Gasteiger partial charge in [-0.2, -0.15) is 0 Å². The average molecular weight is 207 g/mol. The van der Waals surface area contributed by atoms with E-state index in [-0.39, 0.29) is 0 Å². The number of hydrogen-bond acceptors (Lipinski definition) is 2. The van der Waals surface area contributed by atoms with Crippen molar-refractivity contribution >= 4 is 5.69 Å². The van der Waals surface area contributed by atoms with Crippen LogP contribution in [-0.4, -0.2) is 19.8 Å². The number of ether oxygens (including phenoxy) is 1. The molecule has 0 aliphatic rings. The highest BCUT2D eigenvalue weighted by atomic mass is 16.5. The molecule has 0 aliphatic carbocycles. The van der Waals surface area contributed by atoms with E-state index in [1.165, 1.54) is 19.3 Å². The third-order valence-electron chi connectivity index (χ3n) is 2.24. The van der Waals surface area contributed by atoms with Gasteiger partial charge in [0.15, 0.2) is 0 Å². The van der Waals surface area contributed by atoms with Crippen LogP contribution >= 0.6 is 0 Å². The Bertz CT molecular complexity index is 236. The lowest BCUT2D eigenvalue weighted by atomic mass is 10.3. The lowest BCUT2D eigenvalue weighted by Gasteiger charge is -2.06. The summed E-state index contributed by atoms with van der Waals surface area (Å²) in [5.41, 5.74) is 1.16. The molecule has 1 aromatic rings. The first-order chi connectivity index (χ1) is 7.43. The van der Waals surface area contributed by atoms with Gasteiger partial charge in [-0.15, -0.1) is 0 Å². The molecule has 15 heavy (non-hydrogen) atoms. The number of para-hydroxylation sites is 1. The number of hydrogen-bond donors (Lipinski definition) is 1. The highest BCUT2D eigenvalue weighted by Gasteiger charge is 1.90. The summed E-state index contributed by atoms with van der Waals surface area (Å²) in [6.45, 7) is 4.77. The van der Waals surface area contributed by atoms with Crippen molar-refractivity contribution in [2.24, 2.45) is 0 Å². The van der Waals surface area contributed by atoms with Crippen molar-refractivity contribution in [3.05, 3.63) is 30.3 Å². The van der Waals surface area contributed by atoms with Crippen LogP contribution in [0.1, 0.15) is 26.2 Å². The van der Waals surface area contributed by atoms with Gasteiger partial charge in [-0.05, 0) is 18.6 Å². The zero-order valence-corrected chi connectivity index (χ0v) is 9.54. The summed E-state index contributed by atoms with van der Waals surface area (Å²) in [6.07, 6.45) is 3.71. The molecule has 0 saturated carbocycles. The predicted octanol–water partition coefficient (Wildman–Crippen LogP) is 3.31. The van der Waals surface area contributed by atoms with Crippen molar-refractivity contribution in [2.75, 3.05) is 25.1 Å². The molecular weight excluding hydrogens is 186 g/mol. The lowest BCUT2D eigenvalue weighted by Crippen LogP contribution is -2.09. The molecule has 84 valence electrons. The molecule has 1 N–H and O–H groups in total. The van der Waals surface area contributed by atoms with E-state index < -0.39 is 0 Å². The van der Waals surface area contributed by atoms with Crippen LogP contribution in [0.3, 0.4) is 0 Å². The third-order valence-corrected chi connectivity index (χ3v) is 2.24. The minimum atomic E-state index is 0.790. The number of unbranched alkanes of at least 4 members (excludes halogenated alkanes) is 2. The van der Waals surface area contributed by atoms with Crippen molar-refractivity contribution in [1.29, 1.82) is 0 Å². The van der Waals surface area contributed by atoms with Gasteiger partial charge >= 0.3 is 0 Å². The van der Waals surface area contributed by atoms with Crippen LogP contribution in [0, 0.1) is 0 Å². The van der Waals surface area contributed by atoms with Gasteiger partial charge in [-0.1, -0.05) is 38.0 Å². The van der Waals surface area contributed by atoms with Crippen LogP contribution in [-0.2, 0) is 4.74 Å². The van der Waals surface area contributed by atoms with Gasteiger partial charge in [-0.25, -0.2) is 0 Å². The average Bonchev–Trinajstić information content (AvgIpc) is 2.29. The first-order valence-corrected chi connectivity index (χ1v) is 5.80. The maximum Gasteiger partial charge on any atom is 0.0639 e. The molecule has 0 fully saturated rings. The van der Waals surface area contributed by atoms with Gasteiger partial charge in [-0.3, -0.25) is 0 Å². The second kappa shape index (κ2) is 8.30. The molecule has 0 aromatic heterocycles. The Balaban J connectivity index is 1.93. The van der Waals surface area contributed by atoms with E-state index in [0.717, 1.165) is 25.4 Å². The van der Waals surface area contributed by atoms with Gasteiger partial charge in [0.2, 0.25) is 0 Å². The van der Waals surface area contributed by atoms with E-state index in [4.69, 9.17) is 4.74 Å². The summed E-state index contributed by atoms with van der Waals surface area (Å²) in [5.74, 6) is 0. The van der Waals surface area contributed by atoms with Gasteiger partial charge in [0.05, 0.1) is 6.61 Å². The summed E-state index contributed by atoms with van der Waals surface area (Å²) < 4.78 is 5.49. The standard InChI is InChI=1S/C13H21NO/c1-2-3-7-11-15-12-10-14-13-8-5-4-6-9-13/h4-6,8-9,14H,2-3,7,10-12H2,1H3. The van der Waals surface area contributed by atoms with Crippen LogP contribution in [0.4, 0.5) is 5.69 Å². The minimum Gasteiger partial charge on any atom is -0.383 e. The Morgan fingerprint density at radius 1 is 1.07 bits per heavy atom. The van der Waals surface area contributed by atoms with Crippen molar-refractivity contribution in [3.63, 3.8) is 0 Å². The molecule has 0 bridgehead atoms. The third kappa shape index (κ3) is 6.13. The smallest absolute Gasteiger partial charge is 0.0639 e. The van der Waals surface area contributed by atoms with E-state index in [0.29, 0.717) is 0 Å². The van der Waals surface area contributed by atoms with Crippen molar-refractivity contribution in [3.8, 4) is 0 Å². The molecule has 0 radical (unpaired) electrons. The zero-order valence-electron chi connectivity index (χ0n) is 9.54. The molecule has 0 unspecified atom stereocenters. The van der Waals surface area contributed by atoms with Crippen LogP contribution < -0.4 is 5.32 Å². The van der Waals surface area contributed by atoms with Crippen LogP contribution in [0.5, 0.6) is 0 Å². The first kappa shape index (κ1) is 12.1. The summed E-state index contributed by atoms with van der Waals surface area (Å²) in [4.78, 5) is 0. The quantitative estimate of drug-likeness (QED) is 0.660. The maximum atomic E-state index is 5.49. The number of anilines is 1. The minimum absolute atomic E-state index is 0.790. The summed E-state index contributed by atoms with van der Waals surface area (Å²) in [6, 6.07) is 10.2. The fraction of sp³-hybridized carbons (Fsp3) is 0.538. The number of rotatable bonds is 8. The molecule has 0 spiro atoms. The first-order valence-electron chi connectivity index (χ1n) is 5.80. The highest BCUT2D eigenvalue weighted by molar-refractivity contribution is 5.42. The molecule has 0 heterocycles. The fourth-order valence-corrected chi connectivity index (χ4v) is 1.38. The van der Waals surface area contributed by atoms with E-state index in [2.05, 4.69) is 24.4 Å². The molecule has 0 atom stereocenters. The molecule has 1 rings (SSSR count). The van der Waals surface area contributed by atoms with E-state index in [9.17, 15) is 0 Å². The molecule has 1 aromatic carbocycles. The highest BCUT2D eigenvalue weighted by Crippen LogP contribution is 2.03. The van der Waals surface area contributed by atoms with Gasteiger partial charge < -0.3 is 10.1 Å². The zero-order chi connectivity index (χ0) is 10.8. The topological polar surface area (TPSA) is 21.3 Å². The van der Waals surface area contributed by atoms with Gasteiger partial charge in [0, 0.05) is 18.8 Å². The Morgan fingerprint density at radius 2 is 1.87 bits per heavy atom. The van der Waals surface area contributed by atoms with Gasteiger partial charge in [0.1, 0.15) is 0 Å². The molecule has 2 nitrogen and oxygen atoms in total. The molecule has 2 heteroatoms. The molecule has 0 amide bonds. The van der Waals surface area contributed by atoms with Crippen molar-refractivity contribution in [1.82, 2.24) is 0 Å². The summed E-state index contributed by atoms with van der Waals surface area (Å²) in [5, 5.41) is 3.31. The van der Waals surface area contributed by atoms with Crippen LogP contribution in [0.2, 0.25) is 0 Å². The SMILES string of the molecule is CCCCCOCCNc1ccccc1. The lowest BCUT2D eigenvalue weighted by molar-refractivity contribution is 0.140. The maximum absolute atomic E-state index is 5.49. The van der Waals surface area contributed by atoms with Crippen molar-refractivity contribution < 1.29 is 4.74 Å². The summed E-state index contributed by atoms with van der Waals surface area (Å²) in [7, 11) is 0. The van der Waals surface area contributed by atoms with Crippen molar-refractivity contribution in [2.45, 2.75) is 26.2 Å². The number of nitrogens with one attached hydrogen (secondary N) is 1. The molecule has 0 aliphatic heterocycles. The monoisotopic (exact) mass is 207 g/mol. The predicted molar refractivity (Wildman–Crippen MR) is 65.3 cm³/mol. The van der Waals surface area contributed by atoms with Crippen LogP contribution in [0.15, 0.2) is 30.3 Å². The van der Waals surface area contributed by atoms with E-state index in [1.807, 2.05) is 18.2 Å². The van der Waals surface area contributed by atoms with Crippen LogP contribution in [0.25, 0.3) is 0 Å². The van der Waals surface area contributed by atoms with E-state index in [1.54, 1.807) is 0 Å². The summed E-state index contributed by atoms with van der Waals surface area (Å²) >= 11 is 0. The van der Waals surface area contributed by atoms with E-state index >= 15 is 0 Å². The Morgan fingerprint density at radius 3 is 2.60 bits per heavy atom. The Hall–Kier alpha value is -1.02. The van der Waals surface area contributed by atoms with Gasteiger partial charge in [0.25, 0.3) is 0 Å². The number of benzene rings is 1. The molecule has 0 saturated heterocycles. The second-order valence-electron chi connectivity index (χ2n) is 3.61. The largest absolute Gasteiger partial charge is 0.383 e. The second-order valence-corrected chi connectivity index (χ2v) is 3.61. The Kier molecular flexibility index (Phi) is 6.67.